The number of hydrogen-bond donors (Lipinski definition) is 0. The number of nitrogens with zero attached hydrogens (tertiary/aromatic N) is 5. The average Bonchev–Trinajstić information content (AvgIpc) is 3.21. The molecule has 3 aromatic carbocycles. The van der Waals surface area contributed by atoms with Gasteiger partial charge in [0.25, 0.3) is 5.91 Å². The van der Waals surface area contributed by atoms with Gasteiger partial charge < -0.3 is 14.4 Å². The van der Waals surface area contributed by atoms with Gasteiger partial charge in [0.2, 0.25) is 0 Å². The van der Waals surface area contributed by atoms with E-state index in [1.54, 1.807) is 0 Å². The summed E-state index contributed by atoms with van der Waals surface area (Å²) in [7, 11) is 3.99. The van der Waals surface area contributed by atoms with E-state index in [-0.39, 0.29) is 5.91 Å². The number of imidazole rings is 1. The number of para-hydroxylation sites is 2. The van der Waals surface area contributed by atoms with E-state index < -0.39 is 0 Å². The molecule has 1 fully saturated rings. The number of aromatic nitrogens is 2. The molecule has 0 aliphatic carbocycles. The summed E-state index contributed by atoms with van der Waals surface area (Å²) in [5.41, 5.74) is 5.26. The lowest BCUT2D eigenvalue weighted by atomic mass is 10.1. The summed E-state index contributed by atoms with van der Waals surface area (Å²) in [6, 6.07) is 26.7. The molecule has 4 aromatic rings. The van der Waals surface area contributed by atoms with Crippen molar-refractivity contribution in [2.45, 2.75) is 13.1 Å². The number of anilines is 1. The molecule has 0 bridgehead atoms. The van der Waals surface area contributed by atoms with Crippen molar-refractivity contribution in [2.24, 2.45) is 0 Å². The quantitative estimate of drug-likeness (QED) is 0.441. The van der Waals surface area contributed by atoms with E-state index in [9.17, 15) is 4.79 Å². The first-order valence-corrected chi connectivity index (χ1v) is 11.9. The van der Waals surface area contributed by atoms with Gasteiger partial charge in [-0.25, -0.2) is 4.98 Å². The van der Waals surface area contributed by atoms with Crippen LogP contribution in [0.1, 0.15) is 21.7 Å². The number of benzene rings is 3. The highest BCUT2D eigenvalue weighted by Crippen LogP contribution is 2.21. The summed E-state index contributed by atoms with van der Waals surface area (Å²) < 4.78 is 2.33. The van der Waals surface area contributed by atoms with E-state index in [0.29, 0.717) is 0 Å². The monoisotopic (exact) mass is 453 g/mol. The Labute approximate surface area is 201 Å². The summed E-state index contributed by atoms with van der Waals surface area (Å²) in [6.07, 6.45) is 0. The number of amides is 1. The van der Waals surface area contributed by atoms with Gasteiger partial charge in [-0.05, 0) is 35.9 Å². The predicted octanol–water partition coefficient (Wildman–Crippen LogP) is 4.11. The van der Waals surface area contributed by atoms with Crippen LogP contribution in [0.2, 0.25) is 0 Å². The number of rotatable bonds is 6. The van der Waals surface area contributed by atoms with E-state index >= 15 is 0 Å². The molecule has 0 N–H and O–H groups in total. The van der Waals surface area contributed by atoms with Crippen LogP contribution in [-0.2, 0) is 13.1 Å². The van der Waals surface area contributed by atoms with Gasteiger partial charge in [-0.3, -0.25) is 9.69 Å². The lowest BCUT2D eigenvalue weighted by Gasteiger charge is -2.34. The Hall–Kier alpha value is -3.64. The molecule has 1 aromatic heterocycles. The zero-order valence-corrected chi connectivity index (χ0v) is 19.9. The van der Waals surface area contributed by atoms with E-state index in [1.807, 2.05) is 60.3 Å². The molecular formula is C28H31N5O. The second-order valence-corrected chi connectivity index (χ2v) is 9.10. The van der Waals surface area contributed by atoms with Crippen molar-refractivity contribution in [3.05, 3.63) is 95.8 Å². The lowest BCUT2D eigenvalue weighted by Crippen LogP contribution is -2.48. The predicted molar refractivity (Wildman–Crippen MR) is 137 cm³/mol. The fraction of sp³-hybridized carbons (Fsp3) is 0.286. The topological polar surface area (TPSA) is 44.6 Å². The maximum absolute atomic E-state index is 13.1. The highest BCUT2D eigenvalue weighted by molar-refractivity contribution is 5.95. The Bertz CT molecular complexity index is 1270. The number of carbonyl (C=O) groups is 1. The van der Waals surface area contributed by atoms with Crippen LogP contribution in [0.5, 0.6) is 0 Å². The van der Waals surface area contributed by atoms with Gasteiger partial charge in [-0.2, -0.15) is 0 Å². The second kappa shape index (κ2) is 9.69. The van der Waals surface area contributed by atoms with Crippen LogP contribution < -0.4 is 4.90 Å². The fourth-order valence-electron chi connectivity index (χ4n) is 4.60. The molecule has 34 heavy (non-hydrogen) atoms. The molecule has 0 saturated carbocycles. The van der Waals surface area contributed by atoms with Gasteiger partial charge in [0.1, 0.15) is 5.82 Å². The minimum atomic E-state index is 0.111. The molecule has 0 atom stereocenters. The zero-order chi connectivity index (χ0) is 23.5. The third kappa shape index (κ3) is 4.68. The van der Waals surface area contributed by atoms with Crippen LogP contribution in [0, 0.1) is 0 Å². The first-order valence-electron chi connectivity index (χ1n) is 11.9. The smallest absolute Gasteiger partial charge is 0.254 e. The molecule has 1 aliphatic heterocycles. The normalized spacial score (nSPS) is 14.5. The third-order valence-corrected chi connectivity index (χ3v) is 6.55. The largest absolute Gasteiger partial charge is 0.378 e. The Kier molecular flexibility index (Phi) is 6.32. The van der Waals surface area contributed by atoms with Crippen molar-refractivity contribution in [3.63, 3.8) is 0 Å². The van der Waals surface area contributed by atoms with Crippen molar-refractivity contribution in [2.75, 3.05) is 45.2 Å². The van der Waals surface area contributed by atoms with Gasteiger partial charge >= 0.3 is 0 Å². The lowest BCUT2D eigenvalue weighted by molar-refractivity contribution is 0.0624. The standard InChI is InChI=1S/C28H31N5O/c1-30(2)24-12-8-11-23(19-24)28(34)32-17-15-31(16-18-32)21-27-29-25-13-6-7-14-26(25)33(27)20-22-9-4-3-5-10-22/h3-14,19H,15-18,20-21H2,1-2H3. The van der Waals surface area contributed by atoms with Crippen LogP contribution >= 0.6 is 0 Å². The van der Waals surface area contributed by atoms with E-state index in [1.165, 1.54) is 5.56 Å². The molecule has 2 heterocycles. The van der Waals surface area contributed by atoms with Crippen LogP contribution in [0.4, 0.5) is 5.69 Å². The molecule has 1 aliphatic rings. The molecule has 174 valence electrons. The van der Waals surface area contributed by atoms with Crippen molar-refractivity contribution in [1.82, 2.24) is 19.4 Å². The molecule has 0 radical (unpaired) electrons. The third-order valence-electron chi connectivity index (χ3n) is 6.55. The molecule has 1 amide bonds. The van der Waals surface area contributed by atoms with Gasteiger partial charge in [-0.1, -0.05) is 48.5 Å². The molecule has 6 heteroatoms. The number of piperazine rings is 1. The van der Waals surface area contributed by atoms with Crippen molar-refractivity contribution >= 4 is 22.6 Å². The average molecular weight is 454 g/mol. The first kappa shape index (κ1) is 22.2. The van der Waals surface area contributed by atoms with Crippen LogP contribution in [0.3, 0.4) is 0 Å². The second-order valence-electron chi connectivity index (χ2n) is 9.10. The van der Waals surface area contributed by atoms with Crippen LogP contribution in [-0.4, -0.2) is 65.5 Å². The summed E-state index contributed by atoms with van der Waals surface area (Å²) in [5.74, 6) is 1.18. The van der Waals surface area contributed by atoms with Gasteiger partial charge in [0, 0.05) is 58.1 Å². The number of carbonyl (C=O) groups excluding carboxylic acids is 1. The highest BCUT2D eigenvalue weighted by Gasteiger charge is 2.24. The fourth-order valence-corrected chi connectivity index (χ4v) is 4.60. The summed E-state index contributed by atoms with van der Waals surface area (Å²) >= 11 is 0. The molecule has 6 nitrogen and oxygen atoms in total. The zero-order valence-electron chi connectivity index (χ0n) is 19.9. The van der Waals surface area contributed by atoms with Crippen LogP contribution in [0.25, 0.3) is 11.0 Å². The highest BCUT2D eigenvalue weighted by atomic mass is 16.2. The maximum atomic E-state index is 13.1. The number of fused-ring (bicyclic) bond motifs is 1. The van der Waals surface area contributed by atoms with Gasteiger partial charge in [-0.15, -0.1) is 0 Å². The Morgan fingerprint density at radius 2 is 1.59 bits per heavy atom. The summed E-state index contributed by atoms with van der Waals surface area (Å²) in [4.78, 5) is 24.5. The minimum Gasteiger partial charge on any atom is -0.378 e. The van der Waals surface area contributed by atoms with E-state index in [2.05, 4.69) is 51.9 Å². The van der Waals surface area contributed by atoms with E-state index in [0.717, 1.165) is 67.4 Å². The number of hydrogen-bond acceptors (Lipinski definition) is 4. The molecule has 5 rings (SSSR count). The SMILES string of the molecule is CN(C)c1cccc(C(=O)N2CCN(Cc3nc4ccccc4n3Cc3ccccc3)CC2)c1. The molecule has 0 spiro atoms. The van der Waals surface area contributed by atoms with Crippen molar-refractivity contribution < 1.29 is 4.79 Å². The Morgan fingerprint density at radius 1 is 0.853 bits per heavy atom. The van der Waals surface area contributed by atoms with Gasteiger partial charge in [0.15, 0.2) is 0 Å². The molecular weight excluding hydrogens is 422 g/mol. The first-order chi connectivity index (χ1) is 16.6. The molecule has 1 saturated heterocycles. The summed E-state index contributed by atoms with van der Waals surface area (Å²) in [5, 5.41) is 0. The van der Waals surface area contributed by atoms with Crippen molar-refractivity contribution in [3.8, 4) is 0 Å². The van der Waals surface area contributed by atoms with Gasteiger partial charge in [0.05, 0.1) is 17.6 Å². The van der Waals surface area contributed by atoms with Crippen molar-refractivity contribution in [1.29, 1.82) is 0 Å². The Balaban J connectivity index is 1.28. The van der Waals surface area contributed by atoms with Crippen LogP contribution in [0.15, 0.2) is 78.9 Å². The minimum absolute atomic E-state index is 0.111. The molecule has 0 unspecified atom stereocenters. The summed E-state index contributed by atoms with van der Waals surface area (Å²) in [6.45, 7) is 4.71. The maximum Gasteiger partial charge on any atom is 0.254 e. The Morgan fingerprint density at radius 3 is 2.35 bits per heavy atom. The van der Waals surface area contributed by atoms with E-state index in [4.69, 9.17) is 4.98 Å².